The number of nitrogens with one attached hydrogen (secondary N) is 1. The Hall–Kier alpha value is -2.61. The summed E-state index contributed by atoms with van der Waals surface area (Å²) < 4.78 is 3.91. The Balaban J connectivity index is 1.57. The molecule has 8 heteroatoms. The monoisotopic (exact) mass is 384 g/mol. The van der Waals surface area contributed by atoms with Gasteiger partial charge in [-0.2, -0.15) is 5.10 Å². The maximum Gasteiger partial charge on any atom is 0.230 e. The van der Waals surface area contributed by atoms with E-state index in [0.29, 0.717) is 12.3 Å². The van der Waals surface area contributed by atoms with Gasteiger partial charge in [0.15, 0.2) is 5.16 Å². The lowest BCUT2D eigenvalue weighted by Gasteiger charge is -2.07. The highest BCUT2D eigenvalue weighted by Crippen LogP contribution is 2.16. The Morgan fingerprint density at radius 2 is 2.00 bits per heavy atom. The van der Waals surface area contributed by atoms with Crippen LogP contribution in [0.4, 0.5) is 0 Å². The second kappa shape index (κ2) is 8.85. The molecule has 0 aliphatic rings. The third kappa shape index (κ3) is 4.77. The number of nitrogens with zero attached hydrogens (tertiary/aromatic N) is 5. The summed E-state index contributed by atoms with van der Waals surface area (Å²) in [5.74, 6) is 0.287. The van der Waals surface area contributed by atoms with Crippen molar-refractivity contribution in [1.29, 1.82) is 0 Å². The number of hydrogen-bond donors (Lipinski definition) is 1. The molecule has 0 atom stereocenters. The van der Waals surface area contributed by atoms with E-state index in [1.165, 1.54) is 17.3 Å². The van der Waals surface area contributed by atoms with Crippen molar-refractivity contribution < 1.29 is 4.79 Å². The maximum absolute atomic E-state index is 12.2. The lowest BCUT2D eigenvalue weighted by molar-refractivity contribution is -0.118. The molecular formula is C19H24N6OS. The predicted octanol–water partition coefficient (Wildman–Crippen LogP) is 2.57. The van der Waals surface area contributed by atoms with Gasteiger partial charge in [-0.05, 0) is 26.3 Å². The molecule has 2 aromatic heterocycles. The Labute approximate surface area is 163 Å². The standard InChI is InChI=1S/C19H24N6OS/c1-4-24-13-21-22-19(24)27-12-18(26)20-10-17-14(2)23-25(15(17)3)11-16-8-6-5-7-9-16/h5-9,13H,4,10-12H2,1-3H3,(H,20,26). The molecule has 0 aliphatic heterocycles. The Morgan fingerprint density at radius 3 is 2.74 bits per heavy atom. The summed E-state index contributed by atoms with van der Waals surface area (Å²) in [6, 6.07) is 10.2. The fourth-order valence-corrected chi connectivity index (χ4v) is 3.65. The molecule has 0 saturated carbocycles. The average Bonchev–Trinajstić information content (AvgIpc) is 3.23. The van der Waals surface area contributed by atoms with Crippen LogP contribution in [0.5, 0.6) is 0 Å². The van der Waals surface area contributed by atoms with Crippen molar-refractivity contribution in [2.75, 3.05) is 5.75 Å². The third-order valence-electron chi connectivity index (χ3n) is 4.42. The van der Waals surface area contributed by atoms with Crippen LogP contribution < -0.4 is 5.32 Å². The smallest absolute Gasteiger partial charge is 0.230 e. The largest absolute Gasteiger partial charge is 0.351 e. The Kier molecular flexibility index (Phi) is 6.28. The fourth-order valence-electron chi connectivity index (χ4n) is 2.84. The van der Waals surface area contributed by atoms with Gasteiger partial charge in [-0.1, -0.05) is 42.1 Å². The lowest BCUT2D eigenvalue weighted by atomic mass is 10.2. The highest BCUT2D eigenvalue weighted by Gasteiger charge is 2.13. The zero-order chi connectivity index (χ0) is 19.2. The lowest BCUT2D eigenvalue weighted by Crippen LogP contribution is -2.25. The molecule has 7 nitrogen and oxygen atoms in total. The van der Waals surface area contributed by atoms with Crippen LogP contribution in [0.2, 0.25) is 0 Å². The molecule has 0 radical (unpaired) electrons. The molecule has 0 spiro atoms. The van der Waals surface area contributed by atoms with Gasteiger partial charge in [0.05, 0.1) is 18.0 Å². The van der Waals surface area contributed by atoms with E-state index in [0.717, 1.165) is 35.2 Å². The number of rotatable bonds is 8. The zero-order valence-corrected chi connectivity index (χ0v) is 16.7. The number of hydrogen-bond acceptors (Lipinski definition) is 5. The minimum Gasteiger partial charge on any atom is -0.351 e. The highest BCUT2D eigenvalue weighted by atomic mass is 32.2. The number of amides is 1. The van der Waals surface area contributed by atoms with Crippen LogP contribution in [0.15, 0.2) is 41.8 Å². The molecule has 0 bridgehead atoms. The van der Waals surface area contributed by atoms with E-state index in [2.05, 4.69) is 32.7 Å². The van der Waals surface area contributed by atoms with Crippen molar-refractivity contribution >= 4 is 17.7 Å². The van der Waals surface area contributed by atoms with Crippen molar-refractivity contribution in [2.45, 2.75) is 45.6 Å². The van der Waals surface area contributed by atoms with Gasteiger partial charge in [0.1, 0.15) is 6.33 Å². The topological polar surface area (TPSA) is 77.6 Å². The molecule has 2 heterocycles. The zero-order valence-electron chi connectivity index (χ0n) is 15.8. The van der Waals surface area contributed by atoms with Crippen molar-refractivity contribution in [3.8, 4) is 0 Å². The molecule has 27 heavy (non-hydrogen) atoms. The second-order valence-corrected chi connectivity index (χ2v) is 7.20. The first-order valence-electron chi connectivity index (χ1n) is 8.92. The van der Waals surface area contributed by atoms with E-state index in [-0.39, 0.29) is 5.91 Å². The molecule has 0 aliphatic carbocycles. The van der Waals surface area contributed by atoms with Crippen molar-refractivity contribution in [2.24, 2.45) is 0 Å². The molecule has 3 aromatic rings. The summed E-state index contributed by atoms with van der Waals surface area (Å²) in [5.41, 5.74) is 4.30. The third-order valence-corrected chi connectivity index (χ3v) is 5.40. The summed E-state index contributed by atoms with van der Waals surface area (Å²) in [5, 5.41) is 16.3. The molecule has 0 unspecified atom stereocenters. The Morgan fingerprint density at radius 1 is 1.22 bits per heavy atom. The second-order valence-electron chi connectivity index (χ2n) is 6.26. The van der Waals surface area contributed by atoms with Gasteiger partial charge < -0.3 is 9.88 Å². The van der Waals surface area contributed by atoms with Crippen LogP contribution in [0.3, 0.4) is 0 Å². The highest BCUT2D eigenvalue weighted by molar-refractivity contribution is 7.99. The summed E-state index contributed by atoms with van der Waals surface area (Å²) in [6.45, 7) is 8.04. The summed E-state index contributed by atoms with van der Waals surface area (Å²) in [4.78, 5) is 12.2. The SMILES string of the molecule is CCn1cnnc1SCC(=O)NCc1c(C)nn(Cc2ccccc2)c1C. The van der Waals surface area contributed by atoms with Gasteiger partial charge in [0.2, 0.25) is 5.91 Å². The van der Waals surface area contributed by atoms with Crippen LogP contribution in [-0.2, 0) is 24.4 Å². The average molecular weight is 385 g/mol. The first-order chi connectivity index (χ1) is 13.1. The van der Waals surface area contributed by atoms with Gasteiger partial charge >= 0.3 is 0 Å². The molecule has 1 amide bonds. The molecule has 142 valence electrons. The minimum atomic E-state index is -0.0275. The van der Waals surface area contributed by atoms with E-state index >= 15 is 0 Å². The summed E-state index contributed by atoms with van der Waals surface area (Å²) in [7, 11) is 0. The van der Waals surface area contributed by atoms with Crippen LogP contribution >= 0.6 is 11.8 Å². The van der Waals surface area contributed by atoms with Crippen LogP contribution in [0.1, 0.15) is 29.4 Å². The van der Waals surface area contributed by atoms with Crippen molar-refractivity contribution in [1.82, 2.24) is 29.9 Å². The normalized spacial score (nSPS) is 10.9. The maximum atomic E-state index is 12.2. The first kappa shape index (κ1) is 19.2. The number of carbonyl (C=O) groups excluding carboxylic acids is 1. The molecule has 1 N–H and O–H groups in total. The molecule has 1 aromatic carbocycles. The Bertz CT molecular complexity index is 902. The van der Waals surface area contributed by atoms with Gasteiger partial charge in [-0.25, -0.2) is 0 Å². The van der Waals surface area contributed by atoms with Gasteiger partial charge in [0.25, 0.3) is 0 Å². The molecular weight excluding hydrogens is 360 g/mol. The van der Waals surface area contributed by atoms with Crippen LogP contribution in [0, 0.1) is 13.8 Å². The van der Waals surface area contributed by atoms with Crippen LogP contribution in [0.25, 0.3) is 0 Å². The van der Waals surface area contributed by atoms with Gasteiger partial charge in [-0.15, -0.1) is 10.2 Å². The number of benzene rings is 1. The van der Waals surface area contributed by atoms with Gasteiger partial charge in [0, 0.05) is 24.3 Å². The van der Waals surface area contributed by atoms with Crippen molar-refractivity contribution in [3.63, 3.8) is 0 Å². The number of aryl methyl sites for hydroxylation is 2. The quantitative estimate of drug-likeness (QED) is 0.604. The predicted molar refractivity (Wildman–Crippen MR) is 106 cm³/mol. The van der Waals surface area contributed by atoms with E-state index in [4.69, 9.17) is 0 Å². The molecule has 0 fully saturated rings. The number of carbonyl (C=O) groups is 1. The number of aromatic nitrogens is 5. The molecule has 0 saturated heterocycles. The van der Waals surface area contributed by atoms with Crippen LogP contribution in [-0.4, -0.2) is 36.2 Å². The fraction of sp³-hybridized carbons (Fsp3) is 0.368. The summed E-state index contributed by atoms with van der Waals surface area (Å²) in [6.07, 6.45) is 1.67. The molecule has 3 rings (SSSR count). The first-order valence-corrected chi connectivity index (χ1v) is 9.91. The number of thioether (sulfide) groups is 1. The van der Waals surface area contributed by atoms with Gasteiger partial charge in [-0.3, -0.25) is 9.48 Å². The minimum absolute atomic E-state index is 0.0275. The van der Waals surface area contributed by atoms with E-state index < -0.39 is 0 Å². The van der Waals surface area contributed by atoms with Crippen molar-refractivity contribution in [3.05, 3.63) is 59.2 Å². The summed E-state index contributed by atoms with van der Waals surface area (Å²) >= 11 is 1.39. The van der Waals surface area contributed by atoms with E-state index in [9.17, 15) is 4.79 Å². The van der Waals surface area contributed by atoms with E-state index in [1.807, 2.05) is 48.2 Å². The van der Waals surface area contributed by atoms with E-state index in [1.54, 1.807) is 6.33 Å².